The van der Waals surface area contributed by atoms with Gasteiger partial charge in [0.25, 0.3) is 0 Å². The molecule has 0 radical (unpaired) electrons. The van der Waals surface area contributed by atoms with E-state index < -0.39 is 13.1 Å². The number of ether oxygens (including phenoxy) is 1. The summed E-state index contributed by atoms with van der Waals surface area (Å²) in [7, 11) is 0.362. The molecule has 2 aliphatic heterocycles. The zero-order chi connectivity index (χ0) is 36.6. The molecule has 0 bridgehead atoms. The maximum absolute atomic E-state index is 15.6. The number of anilines is 5. The SMILES string of the molecule is COc1cc(N2CCC3(CCN(CCF)CC3)CC2)c(-c2cnn(C)c2F)cc1Nc1ncc(Br)c(Nc2ccc3nccnc3c2P(C)(C)=O)n1. The molecular weight excluding hydrogens is 753 g/mol. The molecule has 0 atom stereocenters. The van der Waals surface area contributed by atoms with Gasteiger partial charge in [-0.25, -0.2) is 14.1 Å². The minimum Gasteiger partial charge on any atom is -0.494 e. The third-order valence-electron chi connectivity index (χ3n) is 10.4. The van der Waals surface area contributed by atoms with Crippen LogP contribution in [-0.2, 0) is 11.6 Å². The summed E-state index contributed by atoms with van der Waals surface area (Å²) in [6.07, 6.45) is 10.5. The maximum atomic E-state index is 15.6. The molecule has 0 amide bonds. The van der Waals surface area contributed by atoms with Crippen LogP contribution in [0.4, 0.5) is 37.6 Å². The van der Waals surface area contributed by atoms with Crippen molar-refractivity contribution in [1.82, 2.24) is 34.6 Å². The number of benzene rings is 2. The second-order valence-corrected chi connectivity index (χ2v) is 17.9. The van der Waals surface area contributed by atoms with Crippen LogP contribution in [0, 0.1) is 11.4 Å². The Kier molecular flexibility index (Phi) is 10.2. The van der Waals surface area contributed by atoms with Crippen LogP contribution in [0.1, 0.15) is 25.7 Å². The van der Waals surface area contributed by atoms with Gasteiger partial charge in [-0.1, -0.05) is 0 Å². The molecule has 52 heavy (non-hydrogen) atoms. The number of nitrogens with zero attached hydrogens (tertiary/aromatic N) is 8. The number of halogens is 3. The molecule has 0 unspecified atom stereocenters. The van der Waals surface area contributed by atoms with Crippen LogP contribution < -0.4 is 25.6 Å². The Morgan fingerprint density at radius 3 is 2.37 bits per heavy atom. The van der Waals surface area contributed by atoms with E-state index in [0.29, 0.717) is 61.4 Å². The predicted molar refractivity (Wildman–Crippen MR) is 206 cm³/mol. The van der Waals surface area contributed by atoms with E-state index >= 15 is 4.39 Å². The summed E-state index contributed by atoms with van der Waals surface area (Å²) >= 11 is 3.56. The normalized spacial score (nSPS) is 16.4. The lowest BCUT2D eigenvalue weighted by Crippen LogP contribution is -2.47. The molecular formula is C36H42BrF2N10O2P. The zero-order valence-electron chi connectivity index (χ0n) is 29.7. The number of piperidine rings is 2. The molecule has 16 heteroatoms. The van der Waals surface area contributed by atoms with E-state index in [2.05, 4.69) is 56.4 Å². The van der Waals surface area contributed by atoms with Crippen molar-refractivity contribution in [2.75, 3.05) is 75.4 Å². The van der Waals surface area contributed by atoms with Gasteiger partial charge in [0.15, 0.2) is 0 Å². The zero-order valence-corrected chi connectivity index (χ0v) is 32.1. The quantitative estimate of drug-likeness (QED) is 0.141. The van der Waals surface area contributed by atoms with Crippen molar-refractivity contribution in [2.45, 2.75) is 25.7 Å². The van der Waals surface area contributed by atoms with E-state index in [9.17, 15) is 8.96 Å². The number of fused-ring (bicyclic) bond motifs is 1. The van der Waals surface area contributed by atoms with Crippen LogP contribution in [-0.4, -0.2) is 94.5 Å². The number of rotatable bonds is 10. The number of aryl methyl sites for hydroxylation is 1. The van der Waals surface area contributed by atoms with Gasteiger partial charge in [0.2, 0.25) is 11.9 Å². The van der Waals surface area contributed by atoms with Gasteiger partial charge in [-0.05, 0) is 91.6 Å². The van der Waals surface area contributed by atoms with Gasteiger partial charge in [0, 0.05) is 62.6 Å². The molecule has 7 rings (SSSR count). The van der Waals surface area contributed by atoms with Crippen LogP contribution in [0.15, 0.2) is 53.5 Å². The number of alkyl halides is 1. The maximum Gasteiger partial charge on any atom is 0.229 e. The van der Waals surface area contributed by atoms with Crippen molar-refractivity contribution in [3.8, 4) is 16.9 Å². The fourth-order valence-electron chi connectivity index (χ4n) is 7.44. The van der Waals surface area contributed by atoms with Gasteiger partial charge in [-0.2, -0.15) is 14.5 Å². The summed E-state index contributed by atoms with van der Waals surface area (Å²) in [5.41, 5.74) is 4.48. The number of aromatic nitrogens is 6. The van der Waals surface area contributed by atoms with Gasteiger partial charge in [0.05, 0.1) is 45.5 Å². The third kappa shape index (κ3) is 7.22. The summed E-state index contributed by atoms with van der Waals surface area (Å²) in [5.74, 6) is 0.781. The molecule has 0 saturated carbocycles. The Bertz CT molecular complexity index is 2140. The highest BCUT2D eigenvalue weighted by Crippen LogP contribution is 2.47. The topological polar surface area (TPSA) is 126 Å². The van der Waals surface area contributed by atoms with Crippen molar-refractivity contribution in [3.05, 3.63) is 59.5 Å². The standard InChI is InChI=1S/C36H42BrF2N10O2P/c1-47-33(39)24(21-43-47)23-19-28(30(51-2)20-29(23)49-16-9-36(10-17-49)7-14-48(15-8-36)18-11-38)45-35-42-22-25(37)34(46-35)44-27-6-5-26-31(41-13-12-40-26)32(27)52(3,4)50/h5-6,12-13,19-22H,7-11,14-18H2,1-4H3,(H2,42,44,45,46). The fraction of sp³-hybridized carbons (Fsp3) is 0.417. The predicted octanol–water partition coefficient (Wildman–Crippen LogP) is 7.12. The molecule has 5 heterocycles. The van der Waals surface area contributed by atoms with E-state index in [4.69, 9.17) is 9.72 Å². The molecule has 5 aromatic rings. The lowest BCUT2D eigenvalue weighted by molar-refractivity contribution is 0.0764. The number of methoxy groups -OCH3 is 1. The second-order valence-electron chi connectivity index (χ2n) is 13.9. The molecule has 12 nitrogen and oxygen atoms in total. The van der Waals surface area contributed by atoms with Gasteiger partial charge in [-0.3, -0.25) is 9.97 Å². The minimum absolute atomic E-state index is 0.242. The van der Waals surface area contributed by atoms with Gasteiger partial charge < -0.3 is 29.7 Å². The summed E-state index contributed by atoms with van der Waals surface area (Å²) < 4.78 is 49.7. The highest BCUT2D eigenvalue weighted by Gasteiger charge is 2.38. The van der Waals surface area contributed by atoms with Crippen molar-refractivity contribution in [3.63, 3.8) is 0 Å². The molecule has 3 aromatic heterocycles. The molecule has 0 aliphatic carbocycles. The number of hydrogen-bond acceptors (Lipinski definition) is 11. The Labute approximate surface area is 309 Å². The van der Waals surface area contributed by atoms with E-state index in [-0.39, 0.29) is 18.0 Å². The Morgan fingerprint density at radius 2 is 1.69 bits per heavy atom. The summed E-state index contributed by atoms with van der Waals surface area (Å²) in [6, 6.07) is 7.44. The summed E-state index contributed by atoms with van der Waals surface area (Å²) in [4.78, 5) is 22.7. The lowest BCUT2D eigenvalue weighted by Gasteiger charge is -2.47. The molecule has 2 N–H and O–H groups in total. The number of nitrogens with one attached hydrogen (secondary N) is 2. The molecule has 2 aliphatic rings. The monoisotopic (exact) mass is 794 g/mol. The van der Waals surface area contributed by atoms with Gasteiger partial charge in [0.1, 0.15) is 30.9 Å². The second kappa shape index (κ2) is 14.7. The average molecular weight is 796 g/mol. The van der Waals surface area contributed by atoms with Crippen molar-refractivity contribution < 1.29 is 18.1 Å². The first-order valence-electron chi connectivity index (χ1n) is 17.3. The highest BCUT2D eigenvalue weighted by molar-refractivity contribution is 9.10. The Morgan fingerprint density at radius 1 is 0.962 bits per heavy atom. The lowest BCUT2D eigenvalue weighted by atomic mass is 9.71. The summed E-state index contributed by atoms with van der Waals surface area (Å²) in [5, 5.41) is 11.4. The Balaban J connectivity index is 1.20. The van der Waals surface area contributed by atoms with E-state index in [1.54, 1.807) is 52.3 Å². The van der Waals surface area contributed by atoms with Gasteiger partial charge in [-0.15, -0.1) is 0 Å². The highest BCUT2D eigenvalue weighted by atomic mass is 79.9. The molecule has 1 spiro atoms. The number of hydrogen-bond donors (Lipinski definition) is 2. The summed E-state index contributed by atoms with van der Waals surface area (Å²) in [6.45, 7) is 7.07. The molecule has 2 saturated heterocycles. The molecule has 2 fully saturated rings. The first-order valence-corrected chi connectivity index (χ1v) is 20.7. The van der Waals surface area contributed by atoms with E-state index in [1.165, 1.54) is 4.68 Å². The smallest absolute Gasteiger partial charge is 0.229 e. The Hall–Kier alpha value is -4.20. The van der Waals surface area contributed by atoms with Crippen molar-refractivity contribution >= 4 is 68.2 Å². The first kappa shape index (κ1) is 36.2. The number of likely N-dealkylation sites (tertiary alicyclic amines) is 1. The van der Waals surface area contributed by atoms with Gasteiger partial charge >= 0.3 is 0 Å². The van der Waals surface area contributed by atoms with Crippen LogP contribution in [0.25, 0.3) is 22.2 Å². The van der Waals surface area contributed by atoms with Crippen molar-refractivity contribution in [2.24, 2.45) is 12.5 Å². The fourth-order valence-corrected chi connectivity index (χ4v) is 9.12. The van der Waals surface area contributed by atoms with E-state index in [0.717, 1.165) is 57.5 Å². The van der Waals surface area contributed by atoms with Crippen LogP contribution in [0.3, 0.4) is 0 Å². The van der Waals surface area contributed by atoms with Crippen molar-refractivity contribution in [1.29, 1.82) is 0 Å². The molecule has 274 valence electrons. The largest absolute Gasteiger partial charge is 0.494 e. The molecule has 2 aromatic carbocycles. The van der Waals surface area contributed by atoms with Crippen LogP contribution in [0.5, 0.6) is 5.75 Å². The third-order valence-corrected chi connectivity index (χ3v) is 12.5. The minimum atomic E-state index is -2.81. The first-order chi connectivity index (χ1) is 25.0. The average Bonchev–Trinajstić information content (AvgIpc) is 3.47. The van der Waals surface area contributed by atoms with E-state index in [1.807, 2.05) is 24.3 Å². The van der Waals surface area contributed by atoms with Crippen LogP contribution in [0.2, 0.25) is 0 Å². The van der Waals surface area contributed by atoms with Crippen LogP contribution >= 0.6 is 23.1 Å².